The number of carbonyl (C=O) groups excluding carboxylic acids is 1. The Balaban J connectivity index is 1.60. The van der Waals surface area contributed by atoms with Crippen molar-refractivity contribution in [3.8, 4) is 0 Å². The molecule has 1 saturated heterocycles. The predicted octanol–water partition coefficient (Wildman–Crippen LogP) is 3.65. The predicted molar refractivity (Wildman–Crippen MR) is 92.3 cm³/mol. The van der Waals surface area contributed by atoms with Crippen molar-refractivity contribution in [2.24, 2.45) is 0 Å². The standard InChI is InChI=1S/C18H27ClN2O/c1-15(21-12-3-2-4-13-21)14-20-18(22)7-5-6-16-8-10-17(19)11-9-16/h8-11,15H,2-7,12-14H2,1H3,(H,20,22). The zero-order valence-corrected chi connectivity index (χ0v) is 14.2. The first-order chi connectivity index (χ1) is 10.6. The van der Waals surface area contributed by atoms with E-state index < -0.39 is 0 Å². The Morgan fingerprint density at radius 1 is 1.23 bits per heavy atom. The van der Waals surface area contributed by atoms with Gasteiger partial charge in [0.1, 0.15) is 0 Å². The number of rotatable bonds is 7. The summed E-state index contributed by atoms with van der Waals surface area (Å²) in [5.74, 6) is 0.165. The summed E-state index contributed by atoms with van der Waals surface area (Å²) in [5.41, 5.74) is 1.24. The number of hydrogen-bond acceptors (Lipinski definition) is 2. The molecule has 0 spiro atoms. The highest BCUT2D eigenvalue weighted by atomic mass is 35.5. The molecule has 122 valence electrons. The zero-order chi connectivity index (χ0) is 15.8. The summed E-state index contributed by atoms with van der Waals surface area (Å²) in [5, 5.41) is 3.83. The second kappa shape index (κ2) is 9.16. The molecule has 3 nitrogen and oxygen atoms in total. The zero-order valence-electron chi connectivity index (χ0n) is 13.5. The van der Waals surface area contributed by atoms with Crippen LogP contribution in [0.5, 0.6) is 0 Å². The number of hydrogen-bond donors (Lipinski definition) is 1. The minimum Gasteiger partial charge on any atom is -0.355 e. The van der Waals surface area contributed by atoms with E-state index in [1.807, 2.05) is 24.3 Å². The number of nitrogens with zero attached hydrogens (tertiary/aromatic N) is 1. The smallest absolute Gasteiger partial charge is 0.220 e. The molecule has 0 bridgehead atoms. The number of carbonyl (C=O) groups is 1. The third-order valence-electron chi connectivity index (χ3n) is 4.39. The number of amides is 1. The van der Waals surface area contributed by atoms with Crippen LogP contribution < -0.4 is 5.32 Å². The average Bonchev–Trinajstić information content (AvgIpc) is 2.55. The highest BCUT2D eigenvalue weighted by Gasteiger charge is 2.16. The van der Waals surface area contributed by atoms with E-state index in [-0.39, 0.29) is 5.91 Å². The molecular weight excluding hydrogens is 296 g/mol. The van der Waals surface area contributed by atoms with Crippen molar-refractivity contribution in [2.45, 2.75) is 51.5 Å². The van der Waals surface area contributed by atoms with Gasteiger partial charge < -0.3 is 5.32 Å². The van der Waals surface area contributed by atoms with Crippen LogP contribution in [0.3, 0.4) is 0 Å². The molecule has 1 atom stereocenters. The molecule has 1 N–H and O–H groups in total. The van der Waals surface area contributed by atoms with E-state index >= 15 is 0 Å². The van der Waals surface area contributed by atoms with E-state index in [1.54, 1.807) is 0 Å². The lowest BCUT2D eigenvalue weighted by atomic mass is 10.1. The van der Waals surface area contributed by atoms with Crippen LogP contribution in [-0.2, 0) is 11.2 Å². The molecule has 1 aliphatic rings. The molecule has 0 saturated carbocycles. The van der Waals surface area contributed by atoms with Gasteiger partial charge in [0, 0.05) is 24.0 Å². The van der Waals surface area contributed by atoms with Gasteiger partial charge >= 0.3 is 0 Å². The number of benzene rings is 1. The van der Waals surface area contributed by atoms with Crippen molar-refractivity contribution in [1.29, 1.82) is 0 Å². The Hall–Kier alpha value is -1.06. The second-order valence-corrected chi connectivity index (χ2v) is 6.67. The number of piperidine rings is 1. The fraction of sp³-hybridized carbons (Fsp3) is 0.611. The average molecular weight is 323 g/mol. The number of nitrogens with one attached hydrogen (secondary N) is 1. The molecule has 0 aromatic heterocycles. The van der Waals surface area contributed by atoms with Crippen molar-refractivity contribution in [1.82, 2.24) is 10.2 Å². The second-order valence-electron chi connectivity index (χ2n) is 6.23. The van der Waals surface area contributed by atoms with E-state index in [0.717, 1.165) is 24.4 Å². The summed E-state index contributed by atoms with van der Waals surface area (Å²) in [4.78, 5) is 14.4. The van der Waals surface area contributed by atoms with Crippen molar-refractivity contribution >= 4 is 17.5 Å². The Labute approximate surface area is 139 Å². The lowest BCUT2D eigenvalue weighted by Gasteiger charge is -2.32. The lowest BCUT2D eigenvalue weighted by Crippen LogP contribution is -2.44. The quantitative estimate of drug-likeness (QED) is 0.831. The minimum atomic E-state index is 0.165. The molecule has 1 aromatic carbocycles. The van der Waals surface area contributed by atoms with E-state index in [9.17, 15) is 4.79 Å². The lowest BCUT2D eigenvalue weighted by molar-refractivity contribution is -0.121. The van der Waals surface area contributed by atoms with Crippen molar-refractivity contribution in [3.05, 3.63) is 34.9 Å². The van der Waals surface area contributed by atoms with Gasteiger partial charge in [-0.3, -0.25) is 9.69 Å². The first-order valence-electron chi connectivity index (χ1n) is 8.40. The van der Waals surface area contributed by atoms with Crippen LogP contribution >= 0.6 is 11.6 Å². The number of halogens is 1. The highest BCUT2D eigenvalue weighted by molar-refractivity contribution is 6.30. The number of aryl methyl sites for hydroxylation is 1. The van der Waals surface area contributed by atoms with Gasteiger partial charge in [0.2, 0.25) is 5.91 Å². The van der Waals surface area contributed by atoms with Gasteiger partial charge in [0.25, 0.3) is 0 Å². The molecular formula is C18H27ClN2O. The summed E-state index contributed by atoms with van der Waals surface area (Å²) in [6.07, 6.45) is 6.33. The Morgan fingerprint density at radius 3 is 2.59 bits per heavy atom. The molecule has 1 heterocycles. The minimum absolute atomic E-state index is 0.165. The Morgan fingerprint density at radius 2 is 1.91 bits per heavy atom. The van der Waals surface area contributed by atoms with Gasteiger partial charge in [-0.2, -0.15) is 0 Å². The third kappa shape index (κ3) is 5.98. The van der Waals surface area contributed by atoms with Crippen LogP contribution in [0.2, 0.25) is 5.02 Å². The van der Waals surface area contributed by atoms with Gasteiger partial charge in [0.15, 0.2) is 0 Å². The molecule has 1 fully saturated rings. The van der Waals surface area contributed by atoms with Crippen LogP contribution in [0.4, 0.5) is 0 Å². The Kier molecular flexibility index (Phi) is 7.20. The van der Waals surface area contributed by atoms with Crippen molar-refractivity contribution in [3.63, 3.8) is 0 Å². The topological polar surface area (TPSA) is 32.3 Å². The molecule has 0 aliphatic carbocycles. The summed E-state index contributed by atoms with van der Waals surface area (Å²) >= 11 is 5.86. The molecule has 1 aromatic rings. The van der Waals surface area contributed by atoms with Gasteiger partial charge in [-0.05, 0) is 63.4 Å². The molecule has 2 rings (SSSR count). The fourth-order valence-corrected chi connectivity index (χ4v) is 3.07. The van der Waals surface area contributed by atoms with Crippen LogP contribution in [0.1, 0.15) is 44.6 Å². The first kappa shape index (κ1) is 17.3. The summed E-state index contributed by atoms with van der Waals surface area (Å²) in [6, 6.07) is 8.30. The first-order valence-corrected chi connectivity index (χ1v) is 8.78. The normalized spacial score (nSPS) is 17.2. The van der Waals surface area contributed by atoms with E-state index in [1.165, 1.54) is 37.9 Å². The van der Waals surface area contributed by atoms with Gasteiger partial charge in [-0.25, -0.2) is 0 Å². The van der Waals surface area contributed by atoms with Crippen LogP contribution in [0.25, 0.3) is 0 Å². The fourth-order valence-electron chi connectivity index (χ4n) is 2.94. The molecule has 1 aliphatic heterocycles. The number of likely N-dealkylation sites (tertiary alicyclic amines) is 1. The van der Waals surface area contributed by atoms with Gasteiger partial charge in [-0.15, -0.1) is 0 Å². The maximum atomic E-state index is 11.9. The summed E-state index contributed by atoms with van der Waals surface area (Å²) in [6.45, 7) is 5.32. The summed E-state index contributed by atoms with van der Waals surface area (Å²) in [7, 11) is 0. The maximum absolute atomic E-state index is 11.9. The molecule has 0 radical (unpaired) electrons. The van der Waals surface area contributed by atoms with Crippen LogP contribution in [0.15, 0.2) is 24.3 Å². The van der Waals surface area contributed by atoms with Gasteiger partial charge in [0.05, 0.1) is 0 Å². The molecule has 4 heteroatoms. The van der Waals surface area contributed by atoms with Crippen LogP contribution in [-0.4, -0.2) is 36.5 Å². The molecule has 1 amide bonds. The third-order valence-corrected chi connectivity index (χ3v) is 4.64. The summed E-state index contributed by atoms with van der Waals surface area (Å²) < 4.78 is 0. The van der Waals surface area contributed by atoms with E-state index in [4.69, 9.17) is 11.6 Å². The highest BCUT2D eigenvalue weighted by Crippen LogP contribution is 2.12. The van der Waals surface area contributed by atoms with Crippen LogP contribution in [0, 0.1) is 0 Å². The van der Waals surface area contributed by atoms with Gasteiger partial charge in [-0.1, -0.05) is 30.2 Å². The Bertz CT molecular complexity index is 455. The molecule has 22 heavy (non-hydrogen) atoms. The SMILES string of the molecule is CC(CNC(=O)CCCc1ccc(Cl)cc1)N1CCCCC1. The maximum Gasteiger partial charge on any atom is 0.220 e. The van der Waals surface area contributed by atoms with Crippen molar-refractivity contribution in [2.75, 3.05) is 19.6 Å². The largest absolute Gasteiger partial charge is 0.355 e. The molecule has 1 unspecified atom stereocenters. The monoisotopic (exact) mass is 322 g/mol. The van der Waals surface area contributed by atoms with E-state index in [2.05, 4.69) is 17.1 Å². The van der Waals surface area contributed by atoms with E-state index in [0.29, 0.717) is 12.5 Å². The van der Waals surface area contributed by atoms with Crippen molar-refractivity contribution < 1.29 is 4.79 Å².